The summed E-state index contributed by atoms with van der Waals surface area (Å²) >= 11 is 0. The van der Waals surface area contributed by atoms with Crippen molar-refractivity contribution in [3.63, 3.8) is 0 Å². The van der Waals surface area contributed by atoms with Crippen molar-refractivity contribution >= 4 is 11.6 Å². The molecule has 0 saturated heterocycles. The standard InChI is InChI=1S/C15H19FO2/c1-9(2)7-13(17)14(16)15(18)12-6-5-10(3)8-11(12)4/h5-6,8-9,14H,7H2,1-4H3. The molecule has 2 nitrogen and oxygen atoms in total. The highest BCUT2D eigenvalue weighted by Gasteiger charge is 2.28. The highest BCUT2D eigenvalue weighted by atomic mass is 19.1. The lowest BCUT2D eigenvalue weighted by atomic mass is 9.95. The van der Waals surface area contributed by atoms with E-state index in [1.54, 1.807) is 19.1 Å². The Morgan fingerprint density at radius 3 is 2.33 bits per heavy atom. The number of alkyl halides is 1. The fourth-order valence-electron chi connectivity index (χ4n) is 1.88. The SMILES string of the molecule is Cc1ccc(C(=O)C(F)C(=O)CC(C)C)c(C)c1. The summed E-state index contributed by atoms with van der Waals surface area (Å²) < 4.78 is 13.8. The predicted molar refractivity (Wildman–Crippen MR) is 69.6 cm³/mol. The molecule has 1 aromatic rings. The minimum Gasteiger partial charge on any atom is -0.296 e. The van der Waals surface area contributed by atoms with E-state index >= 15 is 0 Å². The number of benzene rings is 1. The van der Waals surface area contributed by atoms with Crippen LogP contribution in [0.15, 0.2) is 18.2 Å². The van der Waals surface area contributed by atoms with Crippen LogP contribution in [0.1, 0.15) is 41.8 Å². The van der Waals surface area contributed by atoms with Crippen molar-refractivity contribution in [1.82, 2.24) is 0 Å². The normalized spacial score (nSPS) is 12.6. The van der Waals surface area contributed by atoms with Gasteiger partial charge in [0.05, 0.1) is 0 Å². The lowest BCUT2D eigenvalue weighted by Crippen LogP contribution is -2.27. The van der Waals surface area contributed by atoms with Gasteiger partial charge in [0.15, 0.2) is 5.78 Å². The minimum absolute atomic E-state index is 0.0580. The Morgan fingerprint density at radius 2 is 1.83 bits per heavy atom. The second-order valence-corrected chi connectivity index (χ2v) is 5.11. The van der Waals surface area contributed by atoms with Crippen LogP contribution in [0.25, 0.3) is 0 Å². The van der Waals surface area contributed by atoms with Crippen LogP contribution in [-0.4, -0.2) is 17.7 Å². The van der Waals surface area contributed by atoms with E-state index in [0.29, 0.717) is 11.1 Å². The molecule has 1 unspecified atom stereocenters. The topological polar surface area (TPSA) is 34.1 Å². The molecule has 0 aliphatic carbocycles. The van der Waals surface area contributed by atoms with Gasteiger partial charge in [-0.1, -0.05) is 37.6 Å². The Hall–Kier alpha value is -1.51. The lowest BCUT2D eigenvalue weighted by Gasteiger charge is -2.10. The molecule has 0 amide bonds. The molecule has 1 atom stereocenters. The highest BCUT2D eigenvalue weighted by Crippen LogP contribution is 2.16. The Balaban J connectivity index is 2.90. The quantitative estimate of drug-likeness (QED) is 0.592. The molecule has 1 aromatic carbocycles. The first-order chi connectivity index (χ1) is 8.32. The van der Waals surface area contributed by atoms with Crippen molar-refractivity contribution in [3.8, 4) is 0 Å². The van der Waals surface area contributed by atoms with Crippen LogP contribution in [0.5, 0.6) is 0 Å². The van der Waals surface area contributed by atoms with Crippen LogP contribution < -0.4 is 0 Å². The molecule has 0 fully saturated rings. The van der Waals surface area contributed by atoms with Crippen molar-refractivity contribution < 1.29 is 14.0 Å². The van der Waals surface area contributed by atoms with Gasteiger partial charge in [0.2, 0.25) is 12.0 Å². The number of hydrogen-bond acceptors (Lipinski definition) is 2. The highest BCUT2D eigenvalue weighted by molar-refractivity contribution is 6.13. The zero-order valence-electron chi connectivity index (χ0n) is 11.3. The zero-order valence-corrected chi connectivity index (χ0v) is 11.3. The van der Waals surface area contributed by atoms with Crippen LogP contribution in [0, 0.1) is 19.8 Å². The number of Topliss-reactive ketones (excluding diaryl/α,β-unsaturated/α-hetero) is 2. The van der Waals surface area contributed by atoms with Crippen LogP contribution in [0.3, 0.4) is 0 Å². The summed E-state index contributed by atoms with van der Waals surface area (Å²) in [7, 11) is 0. The van der Waals surface area contributed by atoms with Crippen molar-refractivity contribution in [2.75, 3.05) is 0 Å². The fourth-order valence-corrected chi connectivity index (χ4v) is 1.88. The number of hydrogen-bond donors (Lipinski definition) is 0. The maximum absolute atomic E-state index is 13.8. The van der Waals surface area contributed by atoms with Gasteiger partial charge in [-0.25, -0.2) is 4.39 Å². The monoisotopic (exact) mass is 250 g/mol. The van der Waals surface area contributed by atoms with E-state index < -0.39 is 17.7 Å². The third kappa shape index (κ3) is 3.49. The molecule has 98 valence electrons. The predicted octanol–water partition coefficient (Wildman–Crippen LogP) is 3.44. The molecule has 0 heterocycles. The summed E-state index contributed by atoms with van der Waals surface area (Å²) in [5, 5.41) is 0. The van der Waals surface area contributed by atoms with Gasteiger partial charge in [-0.3, -0.25) is 9.59 Å². The third-order valence-electron chi connectivity index (χ3n) is 2.77. The summed E-state index contributed by atoms with van der Waals surface area (Å²) in [4.78, 5) is 23.5. The van der Waals surface area contributed by atoms with Crippen LogP contribution in [0.4, 0.5) is 4.39 Å². The number of ketones is 2. The molecule has 0 aliphatic rings. The molecule has 0 N–H and O–H groups in total. The summed E-state index contributed by atoms with van der Waals surface area (Å²) in [6.07, 6.45) is -1.94. The first kappa shape index (κ1) is 14.6. The van der Waals surface area contributed by atoms with Crippen LogP contribution in [0.2, 0.25) is 0 Å². The first-order valence-corrected chi connectivity index (χ1v) is 6.11. The van der Waals surface area contributed by atoms with Gasteiger partial charge in [0.25, 0.3) is 0 Å². The zero-order chi connectivity index (χ0) is 13.9. The van der Waals surface area contributed by atoms with E-state index in [1.807, 2.05) is 26.8 Å². The molecular formula is C15H19FO2. The molecule has 1 rings (SSSR count). The molecule has 0 aromatic heterocycles. The van der Waals surface area contributed by atoms with Crippen molar-refractivity contribution in [2.24, 2.45) is 5.92 Å². The van der Waals surface area contributed by atoms with E-state index in [-0.39, 0.29) is 12.3 Å². The number of carbonyl (C=O) groups is 2. The number of rotatable bonds is 5. The maximum atomic E-state index is 13.8. The maximum Gasteiger partial charge on any atom is 0.220 e. The summed E-state index contributed by atoms with van der Waals surface area (Å²) in [5.41, 5.74) is 2.01. The fraction of sp³-hybridized carbons (Fsp3) is 0.467. The Labute approximate surface area is 107 Å². The largest absolute Gasteiger partial charge is 0.296 e. The third-order valence-corrected chi connectivity index (χ3v) is 2.77. The van der Waals surface area contributed by atoms with Crippen LogP contribution >= 0.6 is 0 Å². The molecule has 3 heteroatoms. The van der Waals surface area contributed by atoms with E-state index in [1.165, 1.54) is 0 Å². The van der Waals surface area contributed by atoms with Gasteiger partial charge in [-0.05, 0) is 25.3 Å². The summed E-state index contributed by atoms with van der Waals surface area (Å²) in [6.45, 7) is 7.30. The molecule has 0 radical (unpaired) electrons. The second-order valence-electron chi connectivity index (χ2n) is 5.11. The van der Waals surface area contributed by atoms with E-state index in [2.05, 4.69) is 0 Å². The lowest BCUT2D eigenvalue weighted by molar-refractivity contribution is -0.122. The molecular weight excluding hydrogens is 231 g/mol. The van der Waals surface area contributed by atoms with Gasteiger partial charge < -0.3 is 0 Å². The Bertz CT molecular complexity index is 464. The van der Waals surface area contributed by atoms with E-state index in [9.17, 15) is 14.0 Å². The van der Waals surface area contributed by atoms with E-state index in [4.69, 9.17) is 0 Å². The van der Waals surface area contributed by atoms with Gasteiger partial charge >= 0.3 is 0 Å². The number of aryl methyl sites for hydroxylation is 2. The average molecular weight is 250 g/mol. The molecule has 0 saturated carbocycles. The molecule has 18 heavy (non-hydrogen) atoms. The van der Waals surface area contributed by atoms with Gasteiger partial charge in [0, 0.05) is 12.0 Å². The minimum atomic E-state index is -2.03. The Morgan fingerprint density at radius 1 is 1.22 bits per heavy atom. The summed E-state index contributed by atoms with van der Waals surface area (Å²) in [5.74, 6) is -1.30. The molecule has 0 aliphatic heterocycles. The molecule has 0 spiro atoms. The van der Waals surface area contributed by atoms with Gasteiger partial charge in [-0.2, -0.15) is 0 Å². The first-order valence-electron chi connectivity index (χ1n) is 6.11. The number of halogens is 1. The van der Waals surface area contributed by atoms with Gasteiger partial charge in [0.1, 0.15) is 0 Å². The Kier molecular flexibility index (Phi) is 4.76. The number of carbonyl (C=O) groups excluding carboxylic acids is 2. The average Bonchev–Trinajstić information content (AvgIpc) is 2.26. The van der Waals surface area contributed by atoms with Gasteiger partial charge in [-0.15, -0.1) is 0 Å². The van der Waals surface area contributed by atoms with Crippen molar-refractivity contribution in [2.45, 2.75) is 40.3 Å². The summed E-state index contributed by atoms with van der Waals surface area (Å²) in [6, 6.07) is 5.15. The molecule has 0 bridgehead atoms. The smallest absolute Gasteiger partial charge is 0.220 e. The van der Waals surface area contributed by atoms with Crippen molar-refractivity contribution in [1.29, 1.82) is 0 Å². The van der Waals surface area contributed by atoms with E-state index in [0.717, 1.165) is 5.56 Å². The second kappa shape index (κ2) is 5.89. The van der Waals surface area contributed by atoms with Crippen molar-refractivity contribution in [3.05, 3.63) is 34.9 Å². The van der Waals surface area contributed by atoms with Crippen LogP contribution in [-0.2, 0) is 4.79 Å².